The van der Waals surface area contributed by atoms with Crippen molar-refractivity contribution in [1.82, 2.24) is 0 Å². The van der Waals surface area contributed by atoms with E-state index in [1.165, 1.54) is 29.8 Å². The molecule has 1 unspecified atom stereocenters. The van der Waals surface area contributed by atoms with Crippen molar-refractivity contribution in [3.63, 3.8) is 0 Å². The number of halogens is 3. The quantitative estimate of drug-likeness (QED) is 0.211. The first-order chi connectivity index (χ1) is 19.5. The molecule has 0 spiro atoms. The van der Waals surface area contributed by atoms with E-state index in [0.717, 1.165) is 18.5 Å². The van der Waals surface area contributed by atoms with Crippen molar-refractivity contribution in [3.8, 4) is 0 Å². The average Bonchev–Trinajstić information content (AvgIpc) is 3.44. The summed E-state index contributed by atoms with van der Waals surface area (Å²) in [5.74, 6) is -3.28. The Kier molecular flexibility index (Phi) is 7.57. The van der Waals surface area contributed by atoms with Gasteiger partial charge >= 0.3 is 18.1 Å². The van der Waals surface area contributed by atoms with Gasteiger partial charge in [-0.25, -0.2) is 9.59 Å². The number of rotatable bonds is 6. The van der Waals surface area contributed by atoms with Gasteiger partial charge in [0.2, 0.25) is 0 Å². The van der Waals surface area contributed by atoms with Crippen LogP contribution in [0, 0.1) is 6.92 Å². The number of esters is 2. The average molecular weight is 565 g/mol. The molecule has 4 aromatic rings. The molecule has 0 radical (unpaired) electrons. The molecule has 5 rings (SSSR count). The topological polar surface area (TPSA) is 88.8 Å². The van der Waals surface area contributed by atoms with E-state index < -0.39 is 24.2 Å². The molecular weight excluding hydrogens is 537 g/mol. The Morgan fingerprint density at radius 1 is 1.05 bits per heavy atom. The van der Waals surface area contributed by atoms with Crippen LogP contribution >= 0.6 is 0 Å². The van der Waals surface area contributed by atoms with E-state index >= 15 is 0 Å². The highest BCUT2D eigenvalue weighted by atomic mass is 19.4. The molecule has 2 atom stereocenters. The number of fused-ring (bicyclic) bond motifs is 1. The molecule has 7 nitrogen and oxygen atoms in total. The fraction of sp³-hybridized carbons (Fsp3) is 0.258. The molecule has 1 saturated heterocycles. The lowest BCUT2D eigenvalue weighted by molar-refractivity contribution is -0.193. The van der Waals surface area contributed by atoms with Crippen molar-refractivity contribution in [3.05, 3.63) is 105 Å². The number of carbonyl (C=O) groups excluding carboxylic acids is 2. The molecule has 1 N–H and O–H groups in total. The Labute approximate surface area is 233 Å². The summed E-state index contributed by atoms with van der Waals surface area (Å²) >= 11 is 0. The summed E-state index contributed by atoms with van der Waals surface area (Å²) in [5.41, 5.74) is 2.71. The van der Waals surface area contributed by atoms with Gasteiger partial charge in [0.25, 0.3) is 0 Å². The Hall–Kier alpha value is -4.60. The molecule has 1 aliphatic rings. The van der Waals surface area contributed by atoms with E-state index in [4.69, 9.17) is 4.42 Å². The summed E-state index contributed by atoms with van der Waals surface area (Å²) in [6.45, 7) is 5.02. The molecule has 41 heavy (non-hydrogen) atoms. The summed E-state index contributed by atoms with van der Waals surface area (Å²) in [6.07, 6.45) is -4.40. The van der Waals surface area contributed by atoms with Gasteiger partial charge in [-0.1, -0.05) is 48.5 Å². The maximum atomic E-state index is 13.2. The third-order valence-electron chi connectivity index (χ3n) is 7.16. The third-order valence-corrected chi connectivity index (χ3v) is 7.16. The molecule has 1 aliphatic heterocycles. The van der Waals surface area contributed by atoms with Crippen LogP contribution in [0.15, 0.2) is 82.0 Å². The number of hydrogen-bond donors (Lipinski definition) is 1. The lowest BCUT2D eigenvalue weighted by Gasteiger charge is -2.21. The number of anilines is 2. The maximum absolute atomic E-state index is 13.2. The lowest BCUT2D eigenvalue weighted by atomic mass is 9.99. The monoisotopic (exact) mass is 564 g/mol. The summed E-state index contributed by atoms with van der Waals surface area (Å²) < 4.78 is 48.3. The predicted octanol–water partition coefficient (Wildman–Crippen LogP) is 6.51. The van der Waals surface area contributed by atoms with Crippen molar-refractivity contribution in [2.24, 2.45) is 0 Å². The fourth-order valence-electron chi connectivity index (χ4n) is 5.15. The SMILES string of the molecule is Cc1cc(C(C)Nc2ccccc2C(=O)OC(=O)C(F)(F)F)c2oc(N3CC[C@@H](c4ccccc4)C3)cc(=O)c2c1. The predicted molar refractivity (Wildman–Crippen MR) is 148 cm³/mol. The van der Waals surface area contributed by atoms with Gasteiger partial charge in [0.05, 0.1) is 17.0 Å². The largest absolute Gasteiger partial charge is 0.491 e. The van der Waals surface area contributed by atoms with Gasteiger partial charge in [0.15, 0.2) is 11.3 Å². The molecule has 10 heteroatoms. The zero-order chi connectivity index (χ0) is 29.3. The van der Waals surface area contributed by atoms with E-state index in [2.05, 4.69) is 22.2 Å². The summed E-state index contributed by atoms with van der Waals surface area (Å²) in [6, 6.07) is 20.5. The second-order valence-corrected chi connectivity index (χ2v) is 10.1. The van der Waals surface area contributed by atoms with Crippen LogP contribution in [0.3, 0.4) is 0 Å². The van der Waals surface area contributed by atoms with E-state index in [-0.39, 0.29) is 16.7 Å². The first kappa shape index (κ1) is 27.9. The van der Waals surface area contributed by atoms with Crippen LogP contribution in [0.4, 0.5) is 24.7 Å². The van der Waals surface area contributed by atoms with E-state index in [1.807, 2.05) is 36.1 Å². The molecule has 212 valence electrons. The number of ether oxygens (including phenoxy) is 1. The number of nitrogens with zero attached hydrogens (tertiary/aromatic N) is 1. The molecule has 0 amide bonds. The van der Waals surface area contributed by atoms with Gasteiger partial charge in [-0.3, -0.25) is 4.79 Å². The van der Waals surface area contributed by atoms with Gasteiger partial charge in [-0.2, -0.15) is 13.2 Å². The van der Waals surface area contributed by atoms with Crippen LogP contribution in [0.5, 0.6) is 0 Å². The standard InChI is InChI=1S/C31H27F3N2O5/c1-18-14-23(19(2)35-25-11-7-6-10-22(25)29(38)41-30(39)31(32,33)34)28-24(15-18)26(37)16-27(40-28)36-13-12-21(17-36)20-8-4-3-5-9-20/h3-11,14-16,19,21,35H,12-13,17H2,1-2H3/t19?,21-/m1/s1. The molecule has 0 saturated carbocycles. The van der Waals surface area contributed by atoms with Crippen molar-refractivity contribution >= 4 is 34.5 Å². The number of benzene rings is 3. The Balaban J connectivity index is 1.45. The summed E-state index contributed by atoms with van der Waals surface area (Å²) in [4.78, 5) is 38.9. The highest BCUT2D eigenvalue weighted by molar-refractivity contribution is 6.02. The van der Waals surface area contributed by atoms with Crippen LogP contribution in [0.2, 0.25) is 0 Å². The lowest BCUT2D eigenvalue weighted by Crippen LogP contribution is -2.28. The highest BCUT2D eigenvalue weighted by Gasteiger charge is 2.42. The number of aryl methyl sites for hydroxylation is 1. The molecule has 0 aliphatic carbocycles. The van der Waals surface area contributed by atoms with Gasteiger partial charge in [-0.15, -0.1) is 0 Å². The Morgan fingerprint density at radius 3 is 2.49 bits per heavy atom. The Morgan fingerprint density at radius 2 is 1.76 bits per heavy atom. The molecule has 1 fully saturated rings. The van der Waals surface area contributed by atoms with Crippen LogP contribution < -0.4 is 15.6 Å². The number of alkyl halides is 3. The van der Waals surface area contributed by atoms with Crippen molar-refractivity contribution in [1.29, 1.82) is 0 Å². The van der Waals surface area contributed by atoms with Crippen molar-refractivity contribution in [2.45, 2.75) is 38.4 Å². The van der Waals surface area contributed by atoms with Gasteiger partial charge in [0, 0.05) is 36.3 Å². The second-order valence-electron chi connectivity index (χ2n) is 10.1. The van der Waals surface area contributed by atoms with E-state index in [1.54, 1.807) is 19.1 Å². The smallest absolute Gasteiger partial charge is 0.440 e. The van der Waals surface area contributed by atoms with Crippen LogP contribution in [0.25, 0.3) is 11.0 Å². The highest BCUT2D eigenvalue weighted by Crippen LogP contribution is 2.34. The van der Waals surface area contributed by atoms with Gasteiger partial charge in [0.1, 0.15) is 5.58 Å². The molecule has 0 bridgehead atoms. The molecule has 2 heterocycles. The first-order valence-electron chi connectivity index (χ1n) is 13.1. The minimum Gasteiger partial charge on any atom is -0.440 e. The first-order valence-corrected chi connectivity index (χ1v) is 13.1. The second kappa shape index (κ2) is 11.1. The van der Waals surface area contributed by atoms with Crippen molar-refractivity contribution < 1.29 is 31.9 Å². The van der Waals surface area contributed by atoms with Crippen LogP contribution in [-0.2, 0) is 9.53 Å². The summed E-state index contributed by atoms with van der Waals surface area (Å²) in [7, 11) is 0. The zero-order valence-electron chi connectivity index (χ0n) is 22.3. The van der Waals surface area contributed by atoms with Crippen LogP contribution in [0.1, 0.15) is 52.4 Å². The Bertz CT molecular complexity index is 1670. The maximum Gasteiger partial charge on any atom is 0.491 e. The van der Waals surface area contributed by atoms with Gasteiger partial charge < -0.3 is 19.4 Å². The van der Waals surface area contributed by atoms with Crippen molar-refractivity contribution in [2.75, 3.05) is 23.3 Å². The fourth-order valence-corrected chi connectivity index (χ4v) is 5.15. The molecule has 1 aromatic heterocycles. The number of nitrogens with one attached hydrogen (secondary N) is 1. The van der Waals surface area contributed by atoms with Crippen LogP contribution in [-0.4, -0.2) is 31.2 Å². The minimum absolute atomic E-state index is 0.151. The normalized spacial score (nSPS) is 16.0. The van der Waals surface area contributed by atoms with E-state index in [0.29, 0.717) is 34.9 Å². The number of para-hydroxylation sites is 1. The minimum atomic E-state index is -5.31. The third kappa shape index (κ3) is 5.96. The number of hydrogen-bond acceptors (Lipinski definition) is 7. The molecular formula is C31H27F3N2O5. The van der Waals surface area contributed by atoms with E-state index in [9.17, 15) is 27.6 Å². The molecule has 3 aromatic carbocycles. The zero-order valence-corrected chi connectivity index (χ0v) is 22.3. The number of carbonyl (C=O) groups is 2. The summed E-state index contributed by atoms with van der Waals surface area (Å²) in [5, 5.41) is 3.50. The van der Waals surface area contributed by atoms with Gasteiger partial charge in [-0.05, 0) is 49.6 Å².